The predicted octanol–water partition coefficient (Wildman–Crippen LogP) is 3.78. The van der Waals surface area contributed by atoms with Gasteiger partial charge < -0.3 is 10.6 Å². The molecular weight excluding hydrogens is 260 g/mol. The van der Waals surface area contributed by atoms with Gasteiger partial charge >= 0.3 is 0 Å². The third kappa shape index (κ3) is 3.69. The number of hydrogen-bond acceptors (Lipinski definition) is 4. The molecule has 0 saturated heterocycles. The molecule has 19 heavy (non-hydrogen) atoms. The highest BCUT2D eigenvalue weighted by Crippen LogP contribution is 2.22. The number of benzene rings is 1. The lowest BCUT2D eigenvalue weighted by Gasteiger charge is -2.09. The van der Waals surface area contributed by atoms with Crippen molar-refractivity contribution in [3.8, 4) is 0 Å². The summed E-state index contributed by atoms with van der Waals surface area (Å²) in [6, 6.07) is 7.44. The quantitative estimate of drug-likeness (QED) is 0.815. The summed E-state index contributed by atoms with van der Waals surface area (Å²) in [6.07, 6.45) is 3.48. The Morgan fingerprint density at radius 2 is 2.21 bits per heavy atom. The first kappa shape index (κ1) is 13.4. The van der Waals surface area contributed by atoms with Crippen LogP contribution in [0.25, 0.3) is 0 Å². The van der Waals surface area contributed by atoms with Gasteiger partial charge in [-0.05, 0) is 36.8 Å². The maximum absolute atomic E-state index is 5.92. The van der Waals surface area contributed by atoms with E-state index in [2.05, 4.69) is 27.2 Å². The fraction of sp³-hybridized carbons (Fsp3) is 0.143. The molecule has 2 N–H and O–H groups in total. The van der Waals surface area contributed by atoms with Crippen molar-refractivity contribution in [2.75, 3.05) is 17.2 Å². The third-order valence-electron chi connectivity index (χ3n) is 2.52. The van der Waals surface area contributed by atoms with Gasteiger partial charge in [-0.3, -0.25) is 0 Å². The van der Waals surface area contributed by atoms with Crippen molar-refractivity contribution in [1.82, 2.24) is 9.97 Å². The monoisotopic (exact) mass is 274 g/mol. The highest BCUT2D eigenvalue weighted by molar-refractivity contribution is 6.30. The van der Waals surface area contributed by atoms with Gasteiger partial charge in [0.05, 0.1) is 0 Å². The molecule has 0 bridgehead atoms. The molecule has 1 heterocycles. The highest BCUT2D eigenvalue weighted by atomic mass is 35.5. The van der Waals surface area contributed by atoms with Gasteiger partial charge in [-0.15, -0.1) is 6.58 Å². The van der Waals surface area contributed by atoms with Crippen molar-refractivity contribution in [2.45, 2.75) is 6.92 Å². The molecule has 0 unspecified atom stereocenters. The Balaban J connectivity index is 2.16. The van der Waals surface area contributed by atoms with Crippen LogP contribution in [0.1, 0.15) is 5.56 Å². The number of hydrogen-bond donors (Lipinski definition) is 2. The first-order valence-corrected chi connectivity index (χ1v) is 6.28. The number of nitrogens with one attached hydrogen (secondary N) is 2. The molecule has 0 aliphatic rings. The van der Waals surface area contributed by atoms with E-state index in [0.29, 0.717) is 17.5 Å². The number of anilines is 3. The van der Waals surface area contributed by atoms with E-state index in [1.54, 1.807) is 12.3 Å². The Bertz CT molecular complexity index is 583. The summed E-state index contributed by atoms with van der Waals surface area (Å²) in [4.78, 5) is 8.54. The maximum Gasteiger partial charge on any atom is 0.229 e. The standard InChI is InChI=1S/C14H15ClN4/c1-3-7-16-13-6-8-17-14(19-13)18-12-5-4-11(15)9-10(12)2/h3-6,8-9H,1,7H2,2H3,(H2,16,17,18,19). The summed E-state index contributed by atoms with van der Waals surface area (Å²) in [6.45, 7) is 6.30. The minimum absolute atomic E-state index is 0.541. The molecule has 0 fully saturated rings. The SMILES string of the molecule is C=CCNc1ccnc(Nc2ccc(Cl)cc2C)n1. The number of nitrogens with zero attached hydrogens (tertiary/aromatic N) is 2. The largest absolute Gasteiger partial charge is 0.366 e. The van der Waals surface area contributed by atoms with E-state index >= 15 is 0 Å². The minimum Gasteiger partial charge on any atom is -0.366 e. The van der Waals surface area contributed by atoms with Crippen LogP contribution < -0.4 is 10.6 Å². The number of aromatic nitrogens is 2. The molecule has 98 valence electrons. The Morgan fingerprint density at radius 1 is 1.37 bits per heavy atom. The van der Waals surface area contributed by atoms with Crippen LogP contribution >= 0.6 is 11.6 Å². The zero-order valence-corrected chi connectivity index (χ0v) is 11.4. The van der Waals surface area contributed by atoms with Crippen LogP contribution in [-0.4, -0.2) is 16.5 Å². The summed E-state index contributed by atoms with van der Waals surface area (Å²) in [5, 5.41) is 7.00. The maximum atomic E-state index is 5.92. The van der Waals surface area contributed by atoms with Crippen LogP contribution in [-0.2, 0) is 0 Å². The summed E-state index contributed by atoms with van der Waals surface area (Å²) < 4.78 is 0. The molecule has 2 aromatic rings. The number of aryl methyl sites for hydroxylation is 1. The summed E-state index contributed by atoms with van der Waals surface area (Å²) in [5.41, 5.74) is 1.98. The second kappa shape index (κ2) is 6.20. The first-order valence-electron chi connectivity index (χ1n) is 5.90. The van der Waals surface area contributed by atoms with E-state index in [4.69, 9.17) is 11.6 Å². The lowest BCUT2D eigenvalue weighted by Crippen LogP contribution is -2.04. The van der Waals surface area contributed by atoms with Crippen LogP contribution in [0, 0.1) is 6.92 Å². The van der Waals surface area contributed by atoms with Gasteiger partial charge in [-0.2, -0.15) is 4.98 Å². The fourth-order valence-corrected chi connectivity index (χ4v) is 1.81. The van der Waals surface area contributed by atoms with Gasteiger partial charge in [0.15, 0.2) is 0 Å². The molecular formula is C14H15ClN4. The van der Waals surface area contributed by atoms with E-state index in [1.807, 2.05) is 31.2 Å². The van der Waals surface area contributed by atoms with Crippen molar-refractivity contribution in [1.29, 1.82) is 0 Å². The van der Waals surface area contributed by atoms with Gasteiger partial charge in [0, 0.05) is 23.5 Å². The average Bonchev–Trinajstić information content (AvgIpc) is 2.40. The second-order valence-corrected chi connectivity index (χ2v) is 4.46. The van der Waals surface area contributed by atoms with E-state index in [-0.39, 0.29) is 0 Å². The molecule has 1 aromatic heterocycles. The fourth-order valence-electron chi connectivity index (χ4n) is 1.58. The van der Waals surface area contributed by atoms with Crippen LogP contribution in [0.3, 0.4) is 0 Å². The molecule has 0 saturated carbocycles. The minimum atomic E-state index is 0.541. The van der Waals surface area contributed by atoms with Crippen molar-refractivity contribution in [3.05, 3.63) is 53.7 Å². The van der Waals surface area contributed by atoms with Gasteiger partial charge in [0.25, 0.3) is 0 Å². The van der Waals surface area contributed by atoms with E-state index in [9.17, 15) is 0 Å². The normalized spacial score (nSPS) is 10.0. The molecule has 4 nitrogen and oxygen atoms in total. The van der Waals surface area contributed by atoms with Crippen molar-refractivity contribution in [3.63, 3.8) is 0 Å². The van der Waals surface area contributed by atoms with Gasteiger partial charge in [-0.1, -0.05) is 17.7 Å². The molecule has 2 rings (SSSR count). The molecule has 0 atom stereocenters. The molecule has 0 aliphatic carbocycles. The Morgan fingerprint density at radius 3 is 2.95 bits per heavy atom. The zero-order chi connectivity index (χ0) is 13.7. The van der Waals surface area contributed by atoms with Crippen molar-refractivity contribution < 1.29 is 0 Å². The van der Waals surface area contributed by atoms with Gasteiger partial charge in [0.1, 0.15) is 5.82 Å². The number of halogens is 1. The van der Waals surface area contributed by atoms with Crippen LogP contribution in [0.15, 0.2) is 43.1 Å². The molecule has 0 aliphatic heterocycles. The summed E-state index contributed by atoms with van der Waals surface area (Å²) in [7, 11) is 0. The topological polar surface area (TPSA) is 49.8 Å². The van der Waals surface area contributed by atoms with E-state index < -0.39 is 0 Å². The zero-order valence-electron chi connectivity index (χ0n) is 10.7. The molecule has 5 heteroatoms. The van der Waals surface area contributed by atoms with Crippen molar-refractivity contribution in [2.24, 2.45) is 0 Å². The number of rotatable bonds is 5. The Labute approximate surface area is 117 Å². The second-order valence-electron chi connectivity index (χ2n) is 4.02. The van der Waals surface area contributed by atoms with Crippen molar-refractivity contribution >= 4 is 29.1 Å². The van der Waals surface area contributed by atoms with Crippen LogP contribution in [0.5, 0.6) is 0 Å². The van der Waals surface area contributed by atoms with Gasteiger partial charge in [0.2, 0.25) is 5.95 Å². The summed E-state index contributed by atoms with van der Waals surface area (Å²) in [5.74, 6) is 1.29. The molecule has 1 aromatic carbocycles. The van der Waals surface area contributed by atoms with Gasteiger partial charge in [-0.25, -0.2) is 4.98 Å². The highest BCUT2D eigenvalue weighted by Gasteiger charge is 2.02. The Kier molecular flexibility index (Phi) is 4.36. The lowest BCUT2D eigenvalue weighted by molar-refractivity contribution is 1.14. The van der Waals surface area contributed by atoms with E-state index in [0.717, 1.165) is 17.1 Å². The van der Waals surface area contributed by atoms with Crippen LogP contribution in [0.4, 0.5) is 17.5 Å². The molecule has 0 spiro atoms. The molecule has 0 amide bonds. The average molecular weight is 275 g/mol. The van der Waals surface area contributed by atoms with E-state index in [1.165, 1.54) is 0 Å². The third-order valence-corrected chi connectivity index (χ3v) is 2.75. The Hall–Kier alpha value is -2.07. The summed E-state index contributed by atoms with van der Waals surface area (Å²) >= 11 is 5.92. The van der Waals surface area contributed by atoms with Crippen LogP contribution in [0.2, 0.25) is 5.02 Å². The molecule has 0 radical (unpaired) electrons. The lowest BCUT2D eigenvalue weighted by atomic mass is 10.2. The first-order chi connectivity index (χ1) is 9.19. The predicted molar refractivity (Wildman–Crippen MR) is 80.2 cm³/mol. The smallest absolute Gasteiger partial charge is 0.229 e.